The van der Waals surface area contributed by atoms with Gasteiger partial charge in [0.1, 0.15) is 5.75 Å². The van der Waals surface area contributed by atoms with Gasteiger partial charge in [-0.3, -0.25) is 10.1 Å². The largest absolute Gasteiger partial charge is 0.481 e. The number of hydrogen-bond donors (Lipinski definition) is 2. The molecule has 1 rings (SSSR count). The highest BCUT2D eigenvalue weighted by Gasteiger charge is 2.16. The molecule has 0 aliphatic carbocycles. The quantitative estimate of drug-likeness (QED) is 0.853. The standard InChI is InChI=1S/C14H20N2O3/c1-4-11-6-8-12(9-7-11)19-10(3)13(17)16-14(18)15-5-2/h6-10H,4-5H2,1-3H3,(H2,15,16,17,18)/t10-/m0/s1. The first-order chi connectivity index (χ1) is 9.06. The zero-order chi connectivity index (χ0) is 14.3. The van der Waals surface area contributed by atoms with Crippen LogP contribution in [0.1, 0.15) is 26.3 Å². The Morgan fingerprint density at radius 3 is 2.37 bits per heavy atom. The molecule has 0 aliphatic rings. The van der Waals surface area contributed by atoms with Crippen molar-refractivity contribution in [2.24, 2.45) is 0 Å². The first kappa shape index (κ1) is 15.0. The predicted octanol–water partition coefficient (Wildman–Crippen LogP) is 1.86. The average molecular weight is 264 g/mol. The minimum Gasteiger partial charge on any atom is -0.481 e. The van der Waals surface area contributed by atoms with Crippen LogP contribution in [0.25, 0.3) is 0 Å². The molecule has 5 heteroatoms. The van der Waals surface area contributed by atoms with Crippen LogP contribution >= 0.6 is 0 Å². The van der Waals surface area contributed by atoms with Gasteiger partial charge in [-0.25, -0.2) is 4.79 Å². The third-order valence-electron chi connectivity index (χ3n) is 2.59. The van der Waals surface area contributed by atoms with E-state index in [1.807, 2.05) is 24.3 Å². The fourth-order valence-electron chi connectivity index (χ4n) is 1.48. The third-order valence-corrected chi connectivity index (χ3v) is 2.59. The number of hydrogen-bond acceptors (Lipinski definition) is 3. The van der Waals surface area contributed by atoms with Crippen molar-refractivity contribution in [3.8, 4) is 5.75 Å². The number of urea groups is 1. The van der Waals surface area contributed by atoms with Gasteiger partial charge in [-0.05, 0) is 38.0 Å². The van der Waals surface area contributed by atoms with Gasteiger partial charge in [0.15, 0.2) is 6.10 Å². The molecule has 0 saturated carbocycles. The lowest BCUT2D eigenvalue weighted by Crippen LogP contribution is -2.45. The monoisotopic (exact) mass is 264 g/mol. The second-order valence-corrected chi connectivity index (χ2v) is 4.11. The number of ether oxygens (including phenoxy) is 1. The lowest BCUT2D eigenvalue weighted by molar-refractivity contribution is -0.126. The number of imide groups is 1. The molecule has 0 radical (unpaired) electrons. The van der Waals surface area contributed by atoms with E-state index >= 15 is 0 Å². The normalized spacial score (nSPS) is 11.5. The van der Waals surface area contributed by atoms with Gasteiger partial charge in [-0.2, -0.15) is 0 Å². The molecule has 1 aromatic carbocycles. The van der Waals surface area contributed by atoms with Crippen molar-refractivity contribution >= 4 is 11.9 Å². The Morgan fingerprint density at radius 1 is 1.21 bits per heavy atom. The number of carbonyl (C=O) groups excluding carboxylic acids is 2. The van der Waals surface area contributed by atoms with Gasteiger partial charge in [0.2, 0.25) is 0 Å². The maximum absolute atomic E-state index is 11.7. The predicted molar refractivity (Wildman–Crippen MR) is 73.1 cm³/mol. The first-order valence-corrected chi connectivity index (χ1v) is 6.41. The summed E-state index contributed by atoms with van der Waals surface area (Å²) in [5.74, 6) is 0.140. The zero-order valence-electron chi connectivity index (χ0n) is 11.5. The van der Waals surface area contributed by atoms with Crippen LogP contribution in [0.2, 0.25) is 0 Å². The lowest BCUT2D eigenvalue weighted by atomic mass is 10.2. The minimum atomic E-state index is -0.727. The van der Waals surface area contributed by atoms with Crippen molar-refractivity contribution in [3.63, 3.8) is 0 Å². The number of nitrogens with one attached hydrogen (secondary N) is 2. The van der Waals surface area contributed by atoms with Crippen LogP contribution in [-0.4, -0.2) is 24.6 Å². The summed E-state index contributed by atoms with van der Waals surface area (Å²) < 4.78 is 5.46. The van der Waals surface area contributed by atoms with Crippen LogP contribution in [0.5, 0.6) is 5.75 Å². The Bertz CT molecular complexity index is 429. The van der Waals surface area contributed by atoms with Crippen LogP contribution < -0.4 is 15.4 Å². The molecular formula is C14H20N2O3. The molecule has 0 saturated heterocycles. The van der Waals surface area contributed by atoms with Crippen molar-refractivity contribution in [1.29, 1.82) is 0 Å². The molecule has 0 fully saturated rings. The third kappa shape index (κ3) is 4.99. The van der Waals surface area contributed by atoms with Gasteiger partial charge in [0.25, 0.3) is 5.91 Å². The van der Waals surface area contributed by atoms with Gasteiger partial charge >= 0.3 is 6.03 Å². The average Bonchev–Trinajstić information content (AvgIpc) is 2.39. The van der Waals surface area contributed by atoms with Crippen molar-refractivity contribution in [1.82, 2.24) is 10.6 Å². The smallest absolute Gasteiger partial charge is 0.321 e. The molecule has 1 aromatic rings. The molecule has 2 N–H and O–H groups in total. The van der Waals surface area contributed by atoms with Crippen molar-refractivity contribution in [3.05, 3.63) is 29.8 Å². The minimum absolute atomic E-state index is 0.465. The summed E-state index contributed by atoms with van der Waals surface area (Å²) >= 11 is 0. The van der Waals surface area contributed by atoms with E-state index in [9.17, 15) is 9.59 Å². The molecule has 5 nitrogen and oxygen atoms in total. The molecule has 0 bridgehead atoms. The van der Waals surface area contributed by atoms with Crippen LogP contribution in [-0.2, 0) is 11.2 Å². The van der Waals surface area contributed by atoms with Gasteiger partial charge in [-0.15, -0.1) is 0 Å². The van der Waals surface area contributed by atoms with Crippen LogP contribution in [0.3, 0.4) is 0 Å². The van der Waals surface area contributed by atoms with E-state index in [4.69, 9.17) is 4.74 Å². The summed E-state index contributed by atoms with van der Waals surface area (Å²) in [6, 6.07) is 7.01. The topological polar surface area (TPSA) is 67.4 Å². The fraction of sp³-hybridized carbons (Fsp3) is 0.429. The summed E-state index contributed by atoms with van der Waals surface area (Å²) in [5.41, 5.74) is 1.20. The number of rotatable bonds is 5. The van der Waals surface area contributed by atoms with E-state index in [0.29, 0.717) is 12.3 Å². The van der Waals surface area contributed by atoms with Gasteiger partial charge in [0, 0.05) is 6.54 Å². The molecule has 1 atom stereocenters. The maximum atomic E-state index is 11.7. The number of carbonyl (C=O) groups is 2. The Morgan fingerprint density at radius 2 is 1.84 bits per heavy atom. The van der Waals surface area contributed by atoms with Crippen molar-refractivity contribution in [2.75, 3.05) is 6.54 Å². The second kappa shape index (κ2) is 7.41. The molecule has 0 unspecified atom stereocenters. The highest BCUT2D eigenvalue weighted by Crippen LogP contribution is 2.14. The SMILES string of the molecule is CCNC(=O)NC(=O)[C@H](C)Oc1ccc(CC)cc1. The Balaban J connectivity index is 2.50. The zero-order valence-corrected chi connectivity index (χ0v) is 11.5. The molecule has 0 spiro atoms. The number of aryl methyl sites for hydroxylation is 1. The summed E-state index contributed by atoms with van der Waals surface area (Å²) in [5, 5.41) is 4.69. The van der Waals surface area contributed by atoms with Crippen LogP contribution in [0, 0.1) is 0 Å². The van der Waals surface area contributed by atoms with Crippen LogP contribution in [0.15, 0.2) is 24.3 Å². The highest BCUT2D eigenvalue weighted by atomic mass is 16.5. The summed E-state index contributed by atoms with van der Waals surface area (Å²) in [4.78, 5) is 22.9. The van der Waals surface area contributed by atoms with Gasteiger partial charge in [0.05, 0.1) is 0 Å². The molecule has 0 aliphatic heterocycles. The van der Waals surface area contributed by atoms with Crippen molar-refractivity contribution in [2.45, 2.75) is 33.3 Å². The number of benzene rings is 1. The van der Waals surface area contributed by atoms with Crippen LogP contribution in [0.4, 0.5) is 4.79 Å². The van der Waals surface area contributed by atoms with E-state index in [2.05, 4.69) is 17.6 Å². The molecule has 104 valence electrons. The first-order valence-electron chi connectivity index (χ1n) is 6.41. The summed E-state index contributed by atoms with van der Waals surface area (Å²) in [6.07, 6.45) is 0.225. The van der Waals surface area contributed by atoms with E-state index in [-0.39, 0.29) is 0 Å². The van der Waals surface area contributed by atoms with E-state index in [0.717, 1.165) is 6.42 Å². The van der Waals surface area contributed by atoms with Gasteiger partial charge in [-0.1, -0.05) is 19.1 Å². The highest BCUT2D eigenvalue weighted by molar-refractivity contribution is 5.96. The molecule has 19 heavy (non-hydrogen) atoms. The van der Waals surface area contributed by atoms with Gasteiger partial charge < -0.3 is 10.1 Å². The molecular weight excluding hydrogens is 244 g/mol. The maximum Gasteiger partial charge on any atom is 0.321 e. The van der Waals surface area contributed by atoms with E-state index in [1.165, 1.54) is 5.56 Å². The van der Waals surface area contributed by atoms with Crippen molar-refractivity contribution < 1.29 is 14.3 Å². The Kier molecular flexibility index (Phi) is 5.85. The fourth-order valence-corrected chi connectivity index (χ4v) is 1.48. The van der Waals surface area contributed by atoms with E-state index in [1.54, 1.807) is 13.8 Å². The lowest BCUT2D eigenvalue weighted by Gasteiger charge is -2.14. The summed E-state index contributed by atoms with van der Waals surface area (Å²) in [7, 11) is 0. The molecule has 0 aromatic heterocycles. The number of amides is 3. The second-order valence-electron chi connectivity index (χ2n) is 4.11. The van der Waals surface area contributed by atoms with E-state index < -0.39 is 18.0 Å². The molecule has 0 heterocycles. The Labute approximate surface area is 113 Å². The Hall–Kier alpha value is -2.04. The molecule has 3 amide bonds. The summed E-state index contributed by atoms with van der Waals surface area (Å²) in [6.45, 7) is 5.91.